The molecule has 0 aromatic heterocycles. The van der Waals surface area contributed by atoms with Gasteiger partial charge in [0, 0.05) is 0 Å². The molecule has 0 aliphatic heterocycles. The smallest absolute Gasteiger partial charge is 0.129 e. The Hall–Kier alpha value is -1.24. The fourth-order valence-corrected chi connectivity index (χ4v) is 2.98. The Bertz CT molecular complexity index is 422. The molecule has 0 fully saturated rings. The second kappa shape index (κ2) is 15.3. The molecule has 1 aromatic rings. The van der Waals surface area contributed by atoms with E-state index in [-0.39, 0.29) is 0 Å². The lowest BCUT2D eigenvalue weighted by atomic mass is 10.0. The van der Waals surface area contributed by atoms with Crippen molar-refractivity contribution in [2.45, 2.75) is 97.3 Å². The molecular weight excluding hydrogens is 292 g/mol. The normalized spacial score (nSPS) is 11.2. The minimum absolute atomic E-state index is 0.962. The summed E-state index contributed by atoms with van der Waals surface area (Å²) in [6, 6.07) is 8.15. The molecule has 0 atom stereocenters. The highest BCUT2D eigenvalue weighted by Crippen LogP contribution is 2.16. The minimum atomic E-state index is 0.962. The van der Waals surface area contributed by atoms with Crippen molar-refractivity contribution in [1.82, 2.24) is 0 Å². The molecular formula is C23H38O. The standard InChI is InChI=1S/C23H38O/c1-3-4-5-6-7-8-9-10-11-12-13-14-15-18-21-24-23-20-17-16-19-22(23)2/h16-21H,3-15H2,1-2H3/b21-18+. The van der Waals surface area contributed by atoms with Gasteiger partial charge < -0.3 is 4.74 Å². The van der Waals surface area contributed by atoms with E-state index in [1.807, 2.05) is 24.5 Å². The van der Waals surface area contributed by atoms with Gasteiger partial charge in [-0.2, -0.15) is 0 Å². The van der Waals surface area contributed by atoms with E-state index in [1.165, 1.54) is 82.6 Å². The van der Waals surface area contributed by atoms with Crippen LogP contribution in [-0.2, 0) is 0 Å². The van der Waals surface area contributed by atoms with E-state index in [1.54, 1.807) is 0 Å². The van der Waals surface area contributed by atoms with Gasteiger partial charge in [0.1, 0.15) is 5.75 Å². The lowest BCUT2D eigenvalue weighted by Gasteiger charge is -2.03. The van der Waals surface area contributed by atoms with E-state index < -0.39 is 0 Å². The highest BCUT2D eigenvalue weighted by molar-refractivity contribution is 5.32. The summed E-state index contributed by atoms with van der Waals surface area (Å²) in [5.74, 6) is 0.962. The van der Waals surface area contributed by atoms with Crippen LogP contribution in [0.3, 0.4) is 0 Å². The molecule has 0 saturated carbocycles. The van der Waals surface area contributed by atoms with Gasteiger partial charge in [0.2, 0.25) is 0 Å². The summed E-state index contributed by atoms with van der Waals surface area (Å²) in [5.41, 5.74) is 1.19. The third-order valence-corrected chi connectivity index (χ3v) is 4.61. The Labute approximate surface area is 150 Å². The summed E-state index contributed by atoms with van der Waals surface area (Å²) in [7, 11) is 0. The third kappa shape index (κ3) is 11.3. The number of para-hydroxylation sites is 1. The maximum atomic E-state index is 5.66. The first-order valence-corrected chi connectivity index (χ1v) is 10.2. The number of unbranched alkanes of at least 4 members (excludes halogenated alkanes) is 12. The van der Waals surface area contributed by atoms with Crippen molar-refractivity contribution in [1.29, 1.82) is 0 Å². The first kappa shape index (κ1) is 20.8. The zero-order valence-electron chi connectivity index (χ0n) is 16.1. The van der Waals surface area contributed by atoms with Crippen LogP contribution in [0.4, 0.5) is 0 Å². The third-order valence-electron chi connectivity index (χ3n) is 4.61. The van der Waals surface area contributed by atoms with Gasteiger partial charge in [-0.1, -0.05) is 95.8 Å². The molecule has 0 spiro atoms. The monoisotopic (exact) mass is 330 g/mol. The average molecular weight is 331 g/mol. The van der Waals surface area contributed by atoms with E-state index in [0.29, 0.717) is 0 Å². The fourth-order valence-electron chi connectivity index (χ4n) is 2.98. The molecule has 1 heteroatoms. The van der Waals surface area contributed by atoms with Gasteiger partial charge in [-0.3, -0.25) is 0 Å². The number of benzene rings is 1. The van der Waals surface area contributed by atoms with Crippen molar-refractivity contribution in [3.63, 3.8) is 0 Å². The Morgan fingerprint density at radius 3 is 1.88 bits per heavy atom. The van der Waals surface area contributed by atoms with Crippen LogP contribution in [0.25, 0.3) is 0 Å². The predicted molar refractivity (Wildman–Crippen MR) is 107 cm³/mol. The van der Waals surface area contributed by atoms with Crippen LogP contribution in [0, 0.1) is 6.92 Å². The second-order valence-corrected chi connectivity index (χ2v) is 6.93. The summed E-state index contributed by atoms with van der Waals surface area (Å²) in [6.07, 6.45) is 22.0. The number of hydrogen-bond acceptors (Lipinski definition) is 1. The van der Waals surface area contributed by atoms with Crippen LogP contribution in [0.2, 0.25) is 0 Å². The first-order chi connectivity index (χ1) is 11.8. The lowest BCUT2D eigenvalue weighted by molar-refractivity contribution is 0.473. The Kier molecular flexibility index (Phi) is 13.3. The summed E-state index contributed by atoms with van der Waals surface area (Å²) >= 11 is 0. The molecule has 0 bridgehead atoms. The molecule has 0 saturated heterocycles. The number of rotatable bonds is 15. The van der Waals surface area contributed by atoms with Gasteiger partial charge in [-0.25, -0.2) is 0 Å². The van der Waals surface area contributed by atoms with Crippen LogP contribution in [0.1, 0.15) is 96.0 Å². The second-order valence-electron chi connectivity index (χ2n) is 6.93. The Balaban J connectivity index is 1.84. The fraction of sp³-hybridized carbons (Fsp3) is 0.652. The van der Waals surface area contributed by atoms with E-state index in [9.17, 15) is 0 Å². The molecule has 0 N–H and O–H groups in total. The first-order valence-electron chi connectivity index (χ1n) is 10.2. The zero-order valence-corrected chi connectivity index (χ0v) is 16.1. The molecule has 0 aliphatic carbocycles. The Morgan fingerprint density at radius 2 is 1.29 bits per heavy atom. The molecule has 0 heterocycles. The quantitative estimate of drug-likeness (QED) is 0.234. The minimum Gasteiger partial charge on any atom is -0.465 e. The van der Waals surface area contributed by atoms with E-state index in [2.05, 4.69) is 26.0 Å². The number of ether oxygens (including phenoxy) is 1. The molecule has 24 heavy (non-hydrogen) atoms. The number of hydrogen-bond donors (Lipinski definition) is 0. The maximum Gasteiger partial charge on any atom is 0.129 e. The summed E-state index contributed by atoms with van der Waals surface area (Å²) in [5, 5.41) is 0. The topological polar surface area (TPSA) is 9.23 Å². The average Bonchev–Trinajstić information content (AvgIpc) is 2.60. The highest BCUT2D eigenvalue weighted by atomic mass is 16.5. The summed E-state index contributed by atoms with van der Waals surface area (Å²) < 4.78 is 5.66. The van der Waals surface area contributed by atoms with Crippen molar-refractivity contribution in [3.8, 4) is 5.75 Å². The SMILES string of the molecule is CCCCCCCCCCCCCC/C=C/Oc1ccccc1C. The molecule has 136 valence electrons. The van der Waals surface area contributed by atoms with Crippen molar-refractivity contribution in [3.05, 3.63) is 42.2 Å². The molecule has 0 unspecified atom stereocenters. The summed E-state index contributed by atoms with van der Waals surface area (Å²) in [4.78, 5) is 0. The molecule has 0 radical (unpaired) electrons. The molecule has 0 amide bonds. The van der Waals surface area contributed by atoms with Crippen LogP contribution < -0.4 is 4.74 Å². The predicted octanol–water partition coefficient (Wildman–Crippen LogP) is 7.98. The molecule has 1 rings (SSSR count). The van der Waals surface area contributed by atoms with Gasteiger partial charge in [0.05, 0.1) is 6.26 Å². The van der Waals surface area contributed by atoms with Crippen LogP contribution in [0.15, 0.2) is 36.6 Å². The van der Waals surface area contributed by atoms with Gasteiger partial charge in [0.25, 0.3) is 0 Å². The van der Waals surface area contributed by atoms with Crippen molar-refractivity contribution < 1.29 is 4.74 Å². The van der Waals surface area contributed by atoms with Gasteiger partial charge in [-0.05, 0) is 37.5 Å². The molecule has 1 aromatic carbocycles. The van der Waals surface area contributed by atoms with Crippen molar-refractivity contribution in [2.75, 3.05) is 0 Å². The van der Waals surface area contributed by atoms with E-state index in [4.69, 9.17) is 4.74 Å². The van der Waals surface area contributed by atoms with Gasteiger partial charge in [0.15, 0.2) is 0 Å². The van der Waals surface area contributed by atoms with Crippen LogP contribution in [0.5, 0.6) is 5.75 Å². The summed E-state index contributed by atoms with van der Waals surface area (Å²) in [6.45, 7) is 4.36. The van der Waals surface area contributed by atoms with Crippen molar-refractivity contribution >= 4 is 0 Å². The number of allylic oxidation sites excluding steroid dienone is 1. The maximum absolute atomic E-state index is 5.66. The van der Waals surface area contributed by atoms with Crippen LogP contribution in [-0.4, -0.2) is 0 Å². The van der Waals surface area contributed by atoms with Gasteiger partial charge >= 0.3 is 0 Å². The van der Waals surface area contributed by atoms with E-state index in [0.717, 1.165) is 12.2 Å². The van der Waals surface area contributed by atoms with Gasteiger partial charge in [-0.15, -0.1) is 0 Å². The lowest BCUT2D eigenvalue weighted by Crippen LogP contribution is -1.85. The molecule has 0 aliphatic rings. The molecule has 1 nitrogen and oxygen atoms in total. The largest absolute Gasteiger partial charge is 0.465 e. The van der Waals surface area contributed by atoms with E-state index >= 15 is 0 Å². The highest BCUT2D eigenvalue weighted by Gasteiger charge is 1.95. The van der Waals surface area contributed by atoms with Crippen molar-refractivity contribution in [2.24, 2.45) is 0 Å². The Morgan fingerprint density at radius 1 is 0.750 bits per heavy atom. The zero-order chi connectivity index (χ0) is 17.3. The number of aryl methyl sites for hydroxylation is 1. The van der Waals surface area contributed by atoms with Crippen LogP contribution >= 0.6 is 0 Å².